The lowest BCUT2D eigenvalue weighted by Gasteiger charge is -2.05. The Balaban J connectivity index is 2.24. The van der Waals surface area contributed by atoms with E-state index in [1.165, 1.54) is 18.2 Å². The number of benzene rings is 1. The minimum atomic E-state index is -1.17. The van der Waals surface area contributed by atoms with Crippen molar-refractivity contribution in [2.24, 2.45) is 0 Å². The monoisotopic (exact) mass is 310 g/mol. The average Bonchev–Trinajstić information content (AvgIpc) is 2.76. The summed E-state index contributed by atoms with van der Waals surface area (Å²) in [5.74, 6) is -1.96. The molecule has 2 aromatic rings. The number of para-hydroxylation sites is 1. The molecule has 0 atom stereocenters. The van der Waals surface area contributed by atoms with Crippen molar-refractivity contribution in [3.63, 3.8) is 0 Å². The van der Waals surface area contributed by atoms with Gasteiger partial charge in [0, 0.05) is 0 Å². The van der Waals surface area contributed by atoms with Crippen LogP contribution in [-0.4, -0.2) is 17.0 Å². The molecule has 0 unspecified atom stereocenters. The normalized spacial score (nSPS) is 10.1. The Morgan fingerprint density at radius 3 is 2.50 bits per heavy atom. The van der Waals surface area contributed by atoms with E-state index in [9.17, 15) is 9.59 Å². The van der Waals surface area contributed by atoms with Crippen molar-refractivity contribution >= 4 is 27.9 Å². The van der Waals surface area contributed by atoms with E-state index in [0.29, 0.717) is 4.67 Å². The summed E-state index contributed by atoms with van der Waals surface area (Å²) in [6.07, 6.45) is 0. The number of hydrogen-bond acceptors (Lipinski definition) is 4. The summed E-state index contributed by atoms with van der Waals surface area (Å²) >= 11 is 3.06. The van der Waals surface area contributed by atoms with Crippen LogP contribution in [0.2, 0.25) is 0 Å². The van der Waals surface area contributed by atoms with Gasteiger partial charge in [0.2, 0.25) is 5.76 Å². The van der Waals surface area contributed by atoms with E-state index in [4.69, 9.17) is 14.3 Å². The molecular weight excluding hydrogens is 304 g/mol. The fourth-order valence-electron chi connectivity index (χ4n) is 1.31. The predicted octanol–water partition coefficient (Wildman–Crippen LogP) is 2.96. The van der Waals surface area contributed by atoms with Crippen molar-refractivity contribution in [3.8, 4) is 5.75 Å². The number of rotatable bonds is 3. The maximum atomic E-state index is 11.7. The minimum Gasteiger partial charge on any atom is -0.478 e. The number of hydrogen-bond donors (Lipinski definition) is 1. The van der Waals surface area contributed by atoms with Gasteiger partial charge in [-0.2, -0.15) is 0 Å². The van der Waals surface area contributed by atoms with Crippen LogP contribution in [0.15, 0.2) is 45.5 Å². The molecule has 1 aromatic carbocycles. The number of carboxylic acids is 1. The molecule has 0 spiro atoms. The number of halogens is 1. The second-order valence-corrected chi connectivity index (χ2v) is 4.08. The number of aromatic carboxylic acids is 1. The van der Waals surface area contributed by atoms with Crippen LogP contribution in [0.3, 0.4) is 0 Å². The van der Waals surface area contributed by atoms with E-state index < -0.39 is 11.9 Å². The molecule has 92 valence electrons. The van der Waals surface area contributed by atoms with Gasteiger partial charge in [-0.15, -0.1) is 0 Å². The SMILES string of the molecule is O=C(Oc1ccccc1C(=O)O)c1ccc(Br)o1. The summed E-state index contributed by atoms with van der Waals surface area (Å²) < 4.78 is 10.4. The molecule has 0 aliphatic carbocycles. The molecule has 0 fully saturated rings. The van der Waals surface area contributed by atoms with Crippen LogP contribution in [0.5, 0.6) is 5.75 Å². The van der Waals surface area contributed by atoms with Crippen LogP contribution >= 0.6 is 15.9 Å². The number of carbonyl (C=O) groups excluding carboxylic acids is 1. The highest BCUT2D eigenvalue weighted by molar-refractivity contribution is 9.10. The van der Waals surface area contributed by atoms with Crippen molar-refractivity contribution in [2.75, 3.05) is 0 Å². The van der Waals surface area contributed by atoms with Crippen molar-refractivity contribution in [1.29, 1.82) is 0 Å². The van der Waals surface area contributed by atoms with Crippen molar-refractivity contribution in [1.82, 2.24) is 0 Å². The Hall–Kier alpha value is -2.08. The Labute approximate surface area is 110 Å². The molecule has 0 aliphatic rings. The first kappa shape index (κ1) is 12.4. The smallest absolute Gasteiger partial charge is 0.379 e. The zero-order chi connectivity index (χ0) is 13.1. The third kappa shape index (κ3) is 2.60. The number of carboxylic acid groups (broad SMARTS) is 1. The van der Waals surface area contributed by atoms with Gasteiger partial charge in [0.25, 0.3) is 0 Å². The van der Waals surface area contributed by atoms with E-state index >= 15 is 0 Å². The fourth-order valence-corrected chi connectivity index (χ4v) is 1.61. The molecule has 0 aliphatic heterocycles. The molecule has 1 heterocycles. The lowest BCUT2D eigenvalue weighted by molar-refractivity contribution is 0.0669. The number of ether oxygens (including phenoxy) is 1. The standard InChI is InChI=1S/C12H7BrO5/c13-10-6-5-9(17-10)12(16)18-8-4-2-1-3-7(8)11(14)15/h1-6H,(H,14,15). The first-order valence-corrected chi connectivity index (χ1v) is 5.67. The molecule has 18 heavy (non-hydrogen) atoms. The quantitative estimate of drug-likeness (QED) is 0.696. The van der Waals surface area contributed by atoms with E-state index in [1.54, 1.807) is 18.2 Å². The number of esters is 1. The van der Waals surface area contributed by atoms with Crippen LogP contribution < -0.4 is 4.74 Å². The largest absolute Gasteiger partial charge is 0.478 e. The van der Waals surface area contributed by atoms with Gasteiger partial charge in [0.1, 0.15) is 11.3 Å². The second kappa shape index (κ2) is 5.05. The summed E-state index contributed by atoms with van der Waals surface area (Å²) in [4.78, 5) is 22.6. The summed E-state index contributed by atoms with van der Waals surface area (Å²) in [5.41, 5.74) is -0.0866. The Morgan fingerprint density at radius 2 is 1.89 bits per heavy atom. The second-order valence-electron chi connectivity index (χ2n) is 3.29. The zero-order valence-corrected chi connectivity index (χ0v) is 10.5. The zero-order valence-electron chi connectivity index (χ0n) is 8.92. The van der Waals surface area contributed by atoms with Crippen LogP contribution in [0.25, 0.3) is 0 Å². The highest BCUT2D eigenvalue weighted by Gasteiger charge is 2.17. The highest BCUT2D eigenvalue weighted by Crippen LogP contribution is 2.21. The first-order valence-electron chi connectivity index (χ1n) is 4.88. The fraction of sp³-hybridized carbons (Fsp3) is 0. The van der Waals surface area contributed by atoms with Crippen LogP contribution in [0.1, 0.15) is 20.9 Å². The van der Waals surface area contributed by atoms with Gasteiger partial charge >= 0.3 is 11.9 Å². The van der Waals surface area contributed by atoms with Gasteiger partial charge in [0.15, 0.2) is 4.67 Å². The Kier molecular flexibility index (Phi) is 3.47. The van der Waals surface area contributed by atoms with Gasteiger partial charge in [-0.05, 0) is 40.2 Å². The molecular formula is C12H7BrO5. The predicted molar refractivity (Wildman–Crippen MR) is 64.8 cm³/mol. The molecule has 0 bridgehead atoms. The van der Waals surface area contributed by atoms with Crippen molar-refractivity contribution in [2.45, 2.75) is 0 Å². The van der Waals surface area contributed by atoms with Gasteiger partial charge in [-0.1, -0.05) is 12.1 Å². The summed E-state index contributed by atoms with van der Waals surface area (Å²) in [6.45, 7) is 0. The van der Waals surface area contributed by atoms with E-state index in [1.807, 2.05) is 0 Å². The molecule has 0 saturated carbocycles. The van der Waals surface area contributed by atoms with E-state index in [0.717, 1.165) is 0 Å². The van der Waals surface area contributed by atoms with Crippen LogP contribution in [0.4, 0.5) is 0 Å². The number of carbonyl (C=O) groups is 2. The maximum absolute atomic E-state index is 11.7. The molecule has 2 rings (SSSR count). The van der Waals surface area contributed by atoms with E-state index in [-0.39, 0.29) is 17.1 Å². The minimum absolute atomic E-state index is 0.0120. The van der Waals surface area contributed by atoms with Gasteiger partial charge in [-0.3, -0.25) is 0 Å². The number of furan rings is 1. The van der Waals surface area contributed by atoms with Gasteiger partial charge in [-0.25, -0.2) is 9.59 Å². The molecule has 5 nitrogen and oxygen atoms in total. The average molecular weight is 311 g/mol. The molecule has 0 saturated heterocycles. The summed E-state index contributed by atoms with van der Waals surface area (Å²) in [5, 5.41) is 8.93. The topological polar surface area (TPSA) is 76.7 Å². The van der Waals surface area contributed by atoms with Gasteiger partial charge in [0.05, 0.1) is 0 Å². The molecule has 1 aromatic heterocycles. The van der Waals surface area contributed by atoms with Crippen molar-refractivity contribution < 1.29 is 23.8 Å². The Bertz CT molecular complexity index is 602. The van der Waals surface area contributed by atoms with Crippen molar-refractivity contribution in [3.05, 3.63) is 52.4 Å². The lowest BCUT2D eigenvalue weighted by Crippen LogP contribution is -2.10. The molecule has 0 amide bonds. The van der Waals surface area contributed by atoms with Gasteiger partial charge < -0.3 is 14.3 Å². The molecule has 1 N–H and O–H groups in total. The third-order valence-electron chi connectivity index (χ3n) is 2.09. The highest BCUT2D eigenvalue weighted by atomic mass is 79.9. The summed E-state index contributed by atoms with van der Waals surface area (Å²) in [6, 6.07) is 8.84. The van der Waals surface area contributed by atoms with E-state index in [2.05, 4.69) is 15.9 Å². The summed E-state index contributed by atoms with van der Waals surface area (Å²) in [7, 11) is 0. The molecule has 0 radical (unpaired) electrons. The third-order valence-corrected chi connectivity index (χ3v) is 2.52. The maximum Gasteiger partial charge on any atom is 0.379 e. The lowest BCUT2D eigenvalue weighted by atomic mass is 10.2. The van der Waals surface area contributed by atoms with Crippen LogP contribution in [0, 0.1) is 0 Å². The van der Waals surface area contributed by atoms with Crippen LogP contribution in [-0.2, 0) is 0 Å². The molecule has 6 heteroatoms. The Morgan fingerprint density at radius 1 is 1.17 bits per heavy atom. The first-order chi connectivity index (χ1) is 8.58.